The quantitative estimate of drug-likeness (QED) is 0.890. The van der Waals surface area contributed by atoms with E-state index >= 15 is 0 Å². The van der Waals surface area contributed by atoms with Crippen LogP contribution in [0.15, 0.2) is 35.1 Å². The summed E-state index contributed by atoms with van der Waals surface area (Å²) < 4.78 is 0. The third kappa shape index (κ3) is 3.78. The van der Waals surface area contributed by atoms with E-state index in [-0.39, 0.29) is 11.6 Å². The number of hydrogen-bond acceptors (Lipinski definition) is 2. The van der Waals surface area contributed by atoms with Gasteiger partial charge in [0, 0.05) is 36.6 Å². The molecule has 1 aromatic carbocycles. The standard InChI is InChI=1S/C19H25N3O2/c1-13-7-8-22(12-14(2)9-13)19(24)20-11-15-10-18(23)21-17-6-4-3-5-16(15)17/h3-6,10,13-14H,7-9,11-12H2,1-2H3,(H,20,24)(H,21,23). The summed E-state index contributed by atoms with van der Waals surface area (Å²) in [7, 11) is 0. The largest absolute Gasteiger partial charge is 0.334 e. The van der Waals surface area contributed by atoms with Gasteiger partial charge in [0.25, 0.3) is 0 Å². The Morgan fingerprint density at radius 2 is 2.08 bits per heavy atom. The number of carbonyl (C=O) groups excluding carboxylic acids is 1. The molecule has 3 rings (SSSR count). The molecule has 2 heterocycles. The average molecular weight is 327 g/mol. The number of H-pyrrole nitrogens is 1. The van der Waals surface area contributed by atoms with Gasteiger partial charge < -0.3 is 15.2 Å². The predicted molar refractivity (Wildman–Crippen MR) is 95.9 cm³/mol. The van der Waals surface area contributed by atoms with Gasteiger partial charge in [-0.05, 0) is 36.3 Å². The van der Waals surface area contributed by atoms with Gasteiger partial charge >= 0.3 is 6.03 Å². The molecule has 2 atom stereocenters. The van der Waals surface area contributed by atoms with Crippen LogP contribution in [0.1, 0.15) is 32.3 Å². The number of carbonyl (C=O) groups is 1. The van der Waals surface area contributed by atoms with Crippen molar-refractivity contribution in [2.24, 2.45) is 11.8 Å². The molecule has 1 saturated heterocycles. The van der Waals surface area contributed by atoms with Crippen LogP contribution in [0, 0.1) is 11.8 Å². The van der Waals surface area contributed by atoms with Crippen LogP contribution in [-0.2, 0) is 6.54 Å². The van der Waals surface area contributed by atoms with Crippen molar-refractivity contribution in [2.45, 2.75) is 33.2 Å². The van der Waals surface area contributed by atoms with E-state index < -0.39 is 0 Å². The number of nitrogens with one attached hydrogen (secondary N) is 2. The maximum absolute atomic E-state index is 12.5. The number of aromatic amines is 1. The number of rotatable bonds is 2. The van der Waals surface area contributed by atoms with E-state index in [4.69, 9.17) is 0 Å². The molecule has 1 aliphatic rings. The van der Waals surface area contributed by atoms with Gasteiger partial charge in [-0.25, -0.2) is 4.79 Å². The molecule has 2 unspecified atom stereocenters. The van der Waals surface area contributed by atoms with Gasteiger partial charge in [-0.1, -0.05) is 32.0 Å². The first-order valence-corrected chi connectivity index (χ1v) is 8.66. The minimum absolute atomic E-state index is 0.0414. The lowest BCUT2D eigenvalue weighted by atomic mass is 9.97. The van der Waals surface area contributed by atoms with Crippen molar-refractivity contribution >= 4 is 16.9 Å². The zero-order chi connectivity index (χ0) is 17.1. The van der Waals surface area contributed by atoms with Crippen LogP contribution in [-0.4, -0.2) is 29.0 Å². The molecule has 2 aromatic rings. The number of hydrogen-bond donors (Lipinski definition) is 2. The predicted octanol–water partition coefficient (Wildman–Crippen LogP) is 3.11. The van der Waals surface area contributed by atoms with Crippen LogP contribution < -0.4 is 10.9 Å². The SMILES string of the molecule is CC1CCN(C(=O)NCc2cc(=O)[nH]c3ccccc23)CC(C)C1. The summed E-state index contributed by atoms with van der Waals surface area (Å²) in [5, 5.41) is 3.95. The summed E-state index contributed by atoms with van der Waals surface area (Å²) in [6.07, 6.45) is 2.22. The minimum atomic E-state index is -0.143. The summed E-state index contributed by atoms with van der Waals surface area (Å²) in [4.78, 5) is 29.1. The van der Waals surface area contributed by atoms with E-state index in [2.05, 4.69) is 24.1 Å². The van der Waals surface area contributed by atoms with Gasteiger partial charge in [-0.15, -0.1) is 0 Å². The van der Waals surface area contributed by atoms with Crippen molar-refractivity contribution in [3.05, 3.63) is 46.2 Å². The molecule has 2 amide bonds. The Labute approximate surface area is 142 Å². The number of nitrogens with zero attached hydrogens (tertiary/aromatic N) is 1. The molecule has 5 heteroatoms. The van der Waals surface area contributed by atoms with Crippen LogP contribution in [0.3, 0.4) is 0 Å². The number of benzene rings is 1. The molecule has 1 aliphatic heterocycles. The first-order valence-electron chi connectivity index (χ1n) is 8.66. The minimum Gasteiger partial charge on any atom is -0.334 e. The van der Waals surface area contributed by atoms with Crippen LogP contribution in [0.5, 0.6) is 0 Å². The van der Waals surface area contributed by atoms with Crippen molar-refractivity contribution in [1.29, 1.82) is 0 Å². The molecule has 0 spiro atoms. The van der Waals surface area contributed by atoms with E-state index in [1.54, 1.807) is 6.07 Å². The van der Waals surface area contributed by atoms with Crippen LogP contribution in [0.4, 0.5) is 4.79 Å². The number of aromatic nitrogens is 1. The summed E-state index contributed by atoms with van der Waals surface area (Å²) in [5.41, 5.74) is 1.50. The molecule has 0 radical (unpaired) electrons. The molecule has 0 aliphatic carbocycles. The lowest BCUT2D eigenvalue weighted by molar-refractivity contribution is 0.193. The first kappa shape index (κ1) is 16.6. The third-order valence-corrected chi connectivity index (χ3v) is 4.78. The lowest BCUT2D eigenvalue weighted by Crippen LogP contribution is -2.41. The molecule has 2 N–H and O–H groups in total. The smallest absolute Gasteiger partial charge is 0.317 e. The number of fused-ring (bicyclic) bond motifs is 1. The fourth-order valence-corrected chi connectivity index (χ4v) is 3.61. The number of likely N-dealkylation sites (tertiary alicyclic amines) is 1. The molecular weight excluding hydrogens is 302 g/mol. The highest BCUT2D eigenvalue weighted by Crippen LogP contribution is 2.21. The average Bonchev–Trinajstić information content (AvgIpc) is 2.72. The van der Waals surface area contributed by atoms with Crippen LogP contribution in [0.2, 0.25) is 0 Å². The van der Waals surface area contributed by atoms with Gasteiger partial charge in [-0.2, -0.15) is 0 Å². The monoisotopic (exact) mass is 327 g/mol. The van der Waals surface area contributed by atoms with Crippen molar-refractivity contribution in [1.82, 2.24) is 15.2 Å². The molecule has 5 nitrogen and oxygen atoms in total. The lowest BCUT2D eigenvalue weighted by Gasteiger charge is -2.23. The number of urea groups is 1. The maximum atomic E-state index is 12.5. The second kappa shape index (κ2) is 7.07. The normalized spacial score (nSPS) is 21.5. The Morgan fingerprint density at radius 3 is 2.92 bits per heavy atom. The van der Waals surface area contributed by atoms with E-state index in [0.29, 0.717) is 18.4 Å². The summed E-state index contributed by atoms with van der Waals surface area (Å²) in [5.74, 6) is 1.18. The van der Waals surface area contributed by atoms with Crippen molar-refractivity contribution in [3.63, 3.8) is 0 Å². The van der Waals surface area contributed by atoms with Crippen molar-refractivity contribution in [2.75, 3.05) is 13.1 Å². The van der Waals surface area contributed by atoms with Gasteiger partial charge in [0.05, 0.1) is 0 Å². The topological polar surface area (TPSA) is 65.2 Å². The van der Waals surface area contributed by atoms with E-state index in [1.165, 1.54) is 6.42 Å². The molecule has 24 heavy (non-hydrogen) atoms. The fourth-order valence-electron chi connectivity index (χ4n) is 3.61. The van der Waals surface area contributed by atoms with E-state index in [9.17, 15) is 9.59 Å². The summed E-state index contributed by atoms with van der Waals surface area (Å²) >= 11 is 0. The molecular formula is C19H25N3O2. The van der Waals surface area contributed by atoms with E-state index in [1.807, 2.05) is 29.2 Å². The van der Waals surface area contributed by atoms with Crippen LogP contribution in [0.25, 0.3) is 10.9 Å². The third-order valence-electron chi connectivity index (χ3n) is 4.78. The highest BCUT2D eigenvalue weighted by molar-refractivity contribution is 5.82. The first-order chi connectivity index (χ1) is 11.5. The van der Waals surface area contributed by atoms with Crippen molar-refractivity contribution in [3.8, 4) is 0 Å². The molecule has 0 bridgehead atoms. The number of para-hydroxylation sites is 1. The van der Waals surface area contributed by atoms with Gasteiger partial charge in [0.15, 0.2) is 0 Å². The van der Waals surface area contributed by atoms with Gasteiger partial charge in [0.1, 0.15) is 0 Å². The Morgan fingerprint density at radius 1 is 1.29 bits per heavy atom. The zero-order valence-electron chi connectivity index (χ0n) is 14.3. The fraction of sp³-hybridized carbons (Fsp3) is 0.474. The van der Waals surface area contributed by atoms with Crippen molar-refractivity contribution < 1.29 is 4.79 Å². The summed E-state index contributed by atoms with van der Waals surface area (Å²) in [6.45, 7) is 6.41. The second-order valence-corrected chi connectivity index (χ2v) is 7.04. The number of pyridine rings is 1. The van der Waals surface area contributed by atoms with Crippen LogP contribution >= 0.6 is 0 Å². The van der Waals surface area contributed by atoms with E-state index in [0.717, 1.165) is 36.0 Å². The Balaban J connectivity index is 1.71. The molecule has 128 valence electrons. The van der Waals surface area contributed by atoms with Gasteiger partial charge in [-0.3, -0.25) is 4.79 Å². The molecule has 0 saturated carbocycles. The highest BCUT2D eigenvalue weighted by atomic mass is 16.2. The Bertz CT molecular complexity index is 784. The maximum Gasteiger partial charge on any atom is 0.317 e. The second-order valence-electron chi connectivity index (χ2n) is 7.04. The Kier molecular flexibility index (Phi) is 4.88. The summed E-state index contributed by atoms with van der Waals surface area (Å²) in [6, 6.07) is 9.18. The Hall–Kier alpha value is -2.30. The molecule has 1 aromatic heterocycles. The molecule has 1 fully saturated rings. The van der Waals surface area contributed by atoms with Gasteiger partial charge in [0.2, 0.25) is 5.56 Å². The highest BCUT2D eigenvalue weighted by Gasteiger charge is 2.22. The number of amides is 2. The zero-order valence-corrected chi connectivity index (χ0v) is 14.3.